The Morgan fingerprint density at radius 1 is 1.19 bits per heavy atom. The largest absolute Gasteiger partial charge is 0.312 e. The molecule has 0 atom stereocenters. The lowest BCUT2D eigenvalue weighted by atomic mass is 9.79. The van der Waals surface area contributed by atoms with Crippen molar-refractivity contribution in [2.75, 3.05) is 20.6 Å². The van der Waals surface area contributed by atoms with E-state index in [-0.39, 0.29) is 0 Å². The number of hydrogen-bond acceptors (Lipinski definition) is 2. The van der Waals surface area contributed by atoms with E-state index in [4.69, 9.17) is 0 Å². The van der Waals surface area contributed by atoms with Gasteiger partial charge in [-0.1, -0.05) is 30.3 Å². The molecular formula is C14H22N2. The molecule has 0 aliphatic heterocycles. The smallest absolute Gasteiger partial charge is 0.0205 e. The summed E-state index contributed by atoms with van der Waals surface area (Å²) >= 11 is 0. The minimum Gasteiger partial charge on any atom is -0.312 e. The average Bonchev–Trinajstić information content (AvgIpc) is 2.22. The molecule has 16 heavy (non-hydrogen) atoms. The Kier molecular flexibility index (Phi) is 3.97. The van der Waals surface area contributed by atoms with E-state index in [1.54, 1.807) is 0 Å². The maximum atomic E-state index is 3.54. The van der Waals surface area contributed by atoms with Gasteiger partial charge in [-0.3, -0.25) is 0 Å². The maximum absolute atomic E-state index is 3.54. The van der Waals surface area contributed by atoms with E-state index >= 15 is 0 Å². The lowest BCUT2D eigenvalue weighted by molar-refractivity contribution is 0.122. The number of hydrogen-bond donors (Lipinski definition) is 1. The molecule has 1 saturated carbocycles. The summed E-state index contributed by atoms with van der Waals surface area (Å²) in [4.78, 5) is 2.34. The van der Waals surface area contributed by atoms with Crippen LogP contribution in [0.3, 0.4) is 0 Å². The number of nitrogens with one attached hydrogen (secondary N) is 1. The first-order valence-corrected chi connectivity index (χ1v) is 6.17. The summed E-state index contributed by atoms with van der Waals surface area (Å²) in [6.45, 7) is 2.17. The van der Waals surface area contributed by atoms with Crippen LogP contribution < -0.4 is 5.32 Å². The summed E-state index contributed by atoms with van der Waals surface area (Å²) in [7, 11) is 4.36. The molecule has 2 heteroatoms. The van der Waals surface area contributed by atoms with Gasteiger partial charge >= 0.3 is 0 Å². The monoisotopic (exact) mass is 218 g/mol. The molecule has 1 aliphatic rings. The van der Waals surface area contributed by atoms with Gasteiger partial charge in [0.25, 0.3) is 0 Å². The first-order valence-electron chi connectivity index (χ1n) is 6.17. The fourth-order valence-electron chi connectivity index (χ4n) is 2.31. The van der Waals surface area contributed by atoms with Crippen molar-refractivity contribution in [3.8, 4) is 0 Å². The summed E-state index contributed by atoms with van der Waals surface area (Å²) in [5, 5.41) is 3.54. The normalized spacial score (nSPS) is 24.4. The minimum atomic E-state index is 0.823. The van der Waals surface area contributed by atoms with Crippen molar-refractivity contribution in [3.63, 3.8) is 0 Å². The molecule has 0 bridgehead atoms. The zero-order valence-corrected chi connectivity index (χ0v) is 10.3. The second-order valence-electron chi connectivity index (χ2n) is 5.07. The Balaban J connectivity index is 1.60. The molecule has 1 aromatic rings. The van der Waals surface area contributed by atoms with Gasteiger partial charge in [0.1, 0.15) is 0 Å². The van der Waals surface area contributed by atoms with Crippen LogP contribution in [0.2, 0.25) is 0 Å². The third-order valence-corrected chi connectivity index (χ3v) is 3.55. The first-order chi connectivity index (χ1) is 7.75. The van der Waals surface area contributed by atoms with E-state index in [0.29, 0.717) is 0 Å². The Bertz CT molecular complexity index is 302. The fourth-order valence-corrected chi connectivity index (χ4v) is 2.31. The van der Waals surface area contributed by atoms with Crippen LogP contribution >= 0.6 is 0 Å². The van der Waals surface area contributed by atoms with Gasteiger partial charge in [-0.25, -0.2) is 0 Å². The number of benzene rings is 1. The van der Waals surface area contributed by atoms with Crippen LogP contribution in [0.5, 0.6) is 0 Å². The Labute approximate surface area is 98.7 Å². The van der Waals surface area contributed by atoms with Crippen LogP contribution in [0.15, 0.2) is 30.3 Å². The average molecular weight is 218 g/mol. The summed E-state index contributed by atoms with van der Waals surface area (Å²) in [5.74, 6) is 0.885. The molecule has 2 rings (SSSR count). The van der Waals surface area contributed by atoms with Crippen molar-refractivity contribution >= 4 is 0 Å². The molecular weight excluding hydrogens is 196 g/mol. The van der Waals surface area contributed by atoms with Gasteiger partial charge in [-0.15, -0.1) is 0 Å². The molecule has 0 spiro atoms. The van der Waals surface area contributed by atoms with E-state index in [2.05, 4.69) is 54.6 Å². The van der Waals surface area contributed by atoms with Crippen LogP contribution in [0.25, 0.3) is 0 Å². The predicted molar refractivity (Wildman–Crippen MR) is 68.3 cm³/mol. The third kappa shape index (κ3) is 3.06. The van der Waals surface area contributed by atoms with Crippen molar-refractivity contribution in [1.29, 1.82) is 0 Å². The lowest BCUT2D eigenvalue weighted by Gasteiger charge is -2.39. The molecule has 1 N–H and O–H groups in total. The molecule has 88 valence electrons. The summed E-state index contributed by atoms with van der Waals surface area (Å²) in [6.07, 6.45) is 2.71. The highest BCUT2D eigenvalue weighted by atomic mass is 15.1. The highest BCUT2D eigenvalue weighted by Gasteiger charge is 2.29. The van der Waals surface area contributed by atoms with E-state index in [1.807, 2.05) is 0 Å². The standard InChI is InChI=1S/C14H22N2/c1-16(2)14-8-13(9-14)11-15-10-12-6-4-3-5-7-12/h3-7,13-15H,8-11H2,1-2H3. The zero-order valence-electron chi connectivity index (χ0n) is 10.3. The minimum absolute atomic E-state index is 0.823. The van der Waals surface area contributed by atoms with Crippen molar-refractivity contribution in [2.45, 2.75) is 25.4 Å². The Morgan fingerprint density at radius 3 is 2.50 bits per heavy atom. The van der Waals surface area contributed by atoms with E-state index in [0.717, 1.165) is 18.5 Å². The van der Waals surface area contributed by atoms with Crippen LogP contribution in [0, 0.1) is 5.92 Å². The second kappa shape index (κ2) is 5.46. The highest BCUT2D eigenvalue weighted by Crippen LogP contribution is 2.29. The van der Waals surface area contributed by atoms with Gasteiger partial charge < -0.3 is 10.2 Å². The first kappa shape index (κ1) is 11.6. The van der Waals surface area contributed by atoms with Gasteiger partial charge in [0.15, 0.2) is 0 Å². The van der Waals surface area contributed by atoms with Crippen LogP contribution in [0.4, 0.5) is 0 Å². The third-order valence-electron chi connectivity index (χ3n) is 3.55. The Hall–Kier alpha value is -0.860. The number of rotatable bonds is 5. The fraction of sp³-hybridized carbons (Fsp3) is 0.571. The van der Waals surface area contributed by atoms with E-state index in [9.17, 15) is 0 Å². The molecule has 0 saturated heterocycles. The van der Waals surface area contributed by atoms with E-state index in [1.165, 1.54) is 24.9 Å². The highest BCUT2D eigenvalue weighted by molar-refractivity contribution is 5.14. The molecule has 1 fully saturated rings. The summed E-state index contributed by atoms with van der Waals surface area (Å²) < 4.78 is 0. The molecule has 0 amide bonds. The van der Waals surface area contributed by atoms with E-state index < -0.39 is 0 Å². The van der Waals surface area contributed by atoms with Crippen molar-refractivity contribution in [2.24, 2.45) is 5.92 Å². The number of nitrogens with zero attached hydrogens (tertiary/aromatic N) is 1. The van der Waals surface area contributed by atoms with Crippen molar-refractivity contribution < 1.29 is 0 Å². The van der Waals surface area contributed by atoms with Gasteiger partial charge in [0.05, 0.1) is 0 Å². The molecule has 0 aromatic heterocycles. The lowest BCUT2D eigenvalue weighted by Crippen LogP contribution is -2.43. The molecule has 0 heterocycles. The molecule has 2 nitrogen and oxygen atoms in total. The molecule has 0 unspecified atom stereocenters. The van der Waals surface area contributed by atoms with Crippen LogP contribution in [-0.2, 0) is 6.54 Å². The van der Waals surface area contributed by atoms with Gasteiger partial charge in [-0.05, 0) is 45.0 Å². The maximum Gasteiger partial charge on any atom is 0.0205 e. The summed E-state index contributed by atoms with van der Waals surface area (Å²) in [5.41, 5.74) is 1.38. The van der Waals surface area contributed by atoms with Gasteiger partial charge in [-0.2, -0.15) is 0 Å². The predicted octanol–water partition coefficient (Wildman–Crippen LogP) is 2.12. The van der Waals surface area contributed by atoms with Crippen LogP contribution in [0.1, 0.15) is 18.4 Å². The van der Waals surface area contributed by atoms with Crippen molar-refractivity contribution in [1.82, 2.24) is 10.2 Å². The molecule has 1 aromatic carbocycles. The summed E-state index contributed by atoms with van der Waals surface area (Å²) in [6, 6.07) is 11.4. The molecule has 0 radical (unpaired) electrons. The molecule has 1 aliphatic carbocycles. The topological polar surface area (TPSA) is 15.3 Å². The SMILES string of the molecule is CN(C)C1CC(CNCc2ccccc2)C1. The zero-order chi connectivity index (χ0) is 11.4. The quantitative estimate of drug-likeness (QED) is 0.814. The Morgan fingerprint density at radius 2 is 1.88 bits per heavy atom. The second-order valence-corrected chi connectivity index (χ2v) is 5.07. The van der Waals surface area contributed by atoms with Gasteiger partial charge in [0, 0.05) is 12.6 Å². The van der Waals surface area contributed by atoms with Gasteiger partial charge in [0.2, 0.25) is 0 Å². The van der Waals surface area contributed by atoms with Crippen LogP contribution in [-0.4, -0.2) is 31.6 Å². The van der Waals surface area contributed by atoms with Crippen molar-refractivity contribution in [3.05, 3.63) is 35.9 Å².